The number of nitrogens with zero attached hydrogens (tertiary/aromatic N) is 3. The molecule has 0 saturated heterocycles. The van der Waals surface area contributed by atoms with E-state index in [2.05, 4.69) is 73.7 Å². The van der Waals surface area contributed by atoms with Gasteiger partial charge in [0.1, 0.15) is 0 Å². The van der Waals surface area contributed by atoms with Gasteiger partial charge in [0, 0.05) is 0 Å². The van der Waals surface area contributed by atoms with Crippen molar-refractivity contribution in [3.8, 4) is 0 Å². The van der Waals surface area contributed by atoms with Crippen molar-refractivity contribution < 1.29 is 0 Å². The van der Waals surface area contributed by atoms with Crippen LogP contribution in [-0.2, 0) is 20.0 Å². The third-order valence-electron chi connectivity index (χ3n) is 5.05. The molecule has 0 aliphatic rings. The molecule has 0 radical (unpaired) electrons. The minimum atomic E-state index is -2.35. The van der Waals surface area contributed by atoms with Gasteiger partial charge in [-0.2, -0.15) is 0 Å². The summed E-state index contributed by atoms with van der Waals surface area (Å²) < 4.78 is 4.93. The summed E-state index contributed by atoms with van der Waals surface area (Å²) in [5, 5.41) is 6.21. The van der Waals surface area contributed by atoms with E-state index in [1.807, 2.05) is 6.20 Å². The van der Waals surface area contributed by atoms with Crippen molar-refractivity contribution in [1.29, 1.82) is 0 Å². The van der Waals surface area contributed by atoms with Crippen LogP contribution in [0.5, 0.6) is 0 Å². The van der Waals surface area contributed by atoms with Crippen molar-refractivity contribution in [3.05, 3.63) is 52.2 Å². The number of aryl methyl sites for hydroxylation is 1. The average molecular weight is 503 g/mol. The van der Waals surface area contributed by atoms with Crippen LogP contribution in [0.25, 0.3) is 10.8 Å². The molecule has 1 aromatic carbocycles. The molecule has 29 heavy (non-hydrogen) atoms. The van der Waals surface area contributed by atoms with Crippen LogP contribution in [-0.4, -0.2) is 32.7 Å². The van der Waals surface area contributed by atoms with E-state index in [9.17, 15) is 4.79 Å². The topological polar surface area (TPSA) is 89.9 Å². The van der Waals surface area contributed by atoms with E-state index in [1.165, 1.54) is 13.8 Å². The molecule has 2 heterocycles. The first-order valence-corrected chi connectivity index (χ1v) is 20.0. The molecule has 0 bridgehead atoms. The third-order valence-corrected chi connectivity index (χ3v) is 10.8. The first kappa shape index (κ1) is 21.9. The number of nitrogens with one attached hydrogen (secondary N) is 2. The Morgan fingerprint density at radius 2 is 1.86 bits per heavy atom. The molecule has 0 atom stereocenters. The number of hydrazine groups is 2. The molecule has 0 amide bonds. The Hall–Kier alpha value is -1.84. The average Bonchev–Trinajstić information content (AvgIpc) is 3.04. The minimum absolute atomic E-state index is 0.0496. The van der Waals surface area contributed by atoms with Gasteiger partial charge in [0.2, 0.25) is 0 Å². The molecule has 0 aliphatic heterocycles. The number of hydrogen-bond acceptors (Lipinski definition) is 5. The molecule has 2 aromatic heterocycles. The number of benzene rings is 1. The van der Waals surface area contributed by atoms with E-state index >= 15 is 0 Å². The predicted molar refractivity (Wildman–Crippen MR) is 123 cm³/mol. The summed E-state index contributed by atoms with van der Waals surface area (Å²) in [6.07, 6.45) is 4.87. The van der Waals surface area contributed by atoms with Crippen LogP contribution in [0.1, 0.15) is 25.1 Å². The van der Waals surface area contributed by atoms with E-state index in [0.29, 0.717) is 12.5 Å². The molecule has 0 aliphatic carbocycles. The molecular weight excluding hydrogens is 471 g/mol. The number of anilines is 1. The van der Waals surface area contributed by atoms with E-state index < -0.39 is 18.4 Å². The van der Waals surface area contributed by atoms with Crippen LogP contribution in [0, 0.1) is 5.92 Å². The first-order valence-electron chi connectivity index (χ1n) is 10.0. The zero-order chi connectivity index (χ0) is 21.3. The van der Waals surface area contributed by atoms with E-state index in [-0.39, 0.29) is 5.56 Å². The summed E-state index contributed by atoms with van der Waals surface area (Å²) in [5.41, 5.74) is 8.80. The van der Waals surface area contributed by atoms with Crippen molar-refractivity contribution in [1.82, 2.24) is 19.9 Å². The Balaban J connectivity index is 2.02. The molecule has 8 heteroatoms. The summed E-state index contributed by atoms with van der Waals surface area (Å²) in [7, 11) is 1.72. The quantitative estimate of drug-likeness (QED) is 0.262. The monoisotopic (exact) mass is 504 g/mol. The Kier molecular flexibility index (Phi) is 6.40. The van der Waals surface area contributed by atoms with Crippen molar-refractivity contribution in [2.45, 2.75) is 41.6 Å². The number of rotatable bonds is 7. The van der Waals surface area contributed by atoms with Gasteiger partial charge in [0.05, 0.1) is 0 Å². The normalized spacial score (nSPS) is 12.1. The summed E-state index contributed by atoms with van der Waals surface area (Å²) in [4.78, 5) is 19.7. The molecule has 7 nitrogen and oxygen atoms in total. The number of aromatic nitrogens is 3. The molecule has 0 unspecified atom stereocenters. The van der Waals surface area contributed by atoms with Crippen molar-refractivity contribution in [3.63, 3.8) is 0 Å². The van der Waals surface area contributed by atoms with Crippen molar-refractivity contribution in [2.75, 3.05) is 5.43 Å². The van der Waals surface area contributed by atoms with Gasteiger partial charge >= 0.3 is 176 Å². The summed E-state index contributed by atoms with van der Waals surface area (Å²) in [5.74, 6) is 5.95. The molecule has 156 valence electrons. The van der Waals surface area contributed by atoms with Crippen LogP contribution >= 0.6 is 0 Å². The number of fused-ring (bicyclic) bond motifs is 1. The van der Waals surface area contributed by atoms with Gasteiger partial charge in [-0.1, -0.05) is 0 Å². The maximum atomic E-state index is 12.6. The molecule has 4 N–H and O–H groups in total. The second-order valence-corrected chi connectivity index (χ2v) is 23.5. The van der Waals surface area contributed by atoms with E-state index in [4.69, 9.17) is 5.84 Å². The van der Waals surface area contributed by atoms with Crippen LogP contribution < -0.4 is 25.9 Å². The van der Waals surface area contributed by atoms with Gasteiger partial charge in [0.15, 0.2) is 0 Å². The molecule has 0 saturated carbocycles. The molecule has 0 spiro atoms. The molecular formula is C21H32N6OSn. The van der Waals surface area contributed by atoms with E-state index in [0.717, 1.165) is 28.6 Å². The summed E-state index contributed by atoms with van der Waals surface area (Å²) in [6, 6.07) is 6.48. The van der Waals surface area contributed by atoms with Crippen LogP contribution in [0.15, 0.2) is 35.4 Å². The zero-order valence-electron chi connectivity index (χ0n) is 18.2. The van der Waals surface area contributed by atoms with Gasteiger partial charge in [-0.25, -0.2) is 0 Å². The standard InChI is InChI=1S/C18H23N6O.3CH3.Sn/c1-12(2)8-17-15-10-24(11-16(15)18(25)23(3)21-17)9-13-4-6-14(7-5-13)20-22-19;;;;/h4-6,10-12,20,22H,8-9,19H2,1-3H3;3*1H3;. The second-order valence-electron chi connectivity index (χ2n) is 9.13. The van der Waals surface area contributed by atoms with Gasteiger partial charge in [-0.15, -0.1) is 0 Å². The molecule has 3 rings (SSSR count). The number of hydrogen-bond donors (Lipinski definition) is 3. The van der Waals surface area contributed by atoms with Gasteiger partial charge in [-0.05, 0) is 0 Å². The molecule has 3 aromatic rings. The van der Waals surface area contributed by atoms with Crippen molar-refractivity contribution in [2.24, 2.45) is 18.8 Å². The summed E-state index contributed by atoms with van der Waals surface area (Å²) in [6.45, 7) is 5.05. The van der Waals surface area contributed by atoms with Crippen molar-refractivity contribution >= 4 is 38.4 Å². The SMILES string of the molecule is CC(C)Cc1nn(C)c(=O)c2cn(Cc3ccc(NNN)[c]([Sn]([CH3])([CH3])[CH3])c3)cc12. The number of nitrogens with two attached hydrogens (primary N) is 1. The first-order chi connectivity index (χ1) is 13.6. The maximum absolute atomic E-state index is 12.6. The fraction of sp³-hybridized carbons (Fsp3) is 0.429. The predicted octanol–water partition coefficient (Wildman–Crippen LogP) is 2.32. The Labute approximate surface area is 176 Å². The van der Waals surface area contributed by atoms with Gasteiger partial charge in [-0.3, -0.25) is 0 Å². The van der Waals surface area contributed by atoms with Crippen LogP contribution in [0.3, 0.4) is 0 Å². The fourth-order valence-electron chi connectivity index (χ4n) is 3.70. The summed E-state index contributed by atoms with van der Waals surface area (Å²) >= 11 is -2.35. The zero-order valence-corrected chi connectivity index (χ0v) is 21.1. The van der Waals surface area contributed by atoms with Gasteiger partial charge in [0.25, 0.3) is 0 Å². The Bertz CT molecular complexity index is 1080. The second kappa shape index (κ2) is 8.49. The Morgan fingerprint density at radius 3 is 2.48 bits per heavy atom. The Morgan fingerprint density at radius 1 is 1.17 bits per heavy atom. The third kappa shape index (κ3) is 4.84. The molecule has 0 fully saturated rings. The van der Waals surface area contributed by atoms with Gasteiger partial charge < -0.3 is 0 Å². The van der Waals surface area contributed by atoms with Crippen LogP contribution in [0.2, 0.25) is 14.8 Å². The van der Waals surface area contributed by atoms with Crippen LogP contribution in [0.4, 0.5) is 5.69 Å². The fourth-order valence-corrected chi connectivity index (χ4v) is 8.19. The van der Waals surface area contributed by atoms with E-state index in [1.54, 1.807) is 7.05 Å².